The van der Waals surface area contributed by atoms with Crippen LogP contribution in [0.4, 0.5) is 0 Å². The zero-order valence-corrected chi connectivity index (χ0v) is 16.8. The molecular weight excluding hydrogens is 344 g/mol. The first-order valence-corrected chi connectivity index (χ1v) is 12.4. The van der Waals surface area contributed by atoms with Crippen LogP contribution in [0.5, 0.6) is 0 Å². The summed E-state index contributed by atoms with van der Waals surface area (Å²) in [4.78, 5) is 12.6. The molecule has 1 heterocycles. The summed E-state index contributed by atoms with van der Waals surface area (Å²) >= 11 is 0. The average molecular weight is 371 g/mol. The molecule has 0 amide bonds. The lowest BCUT2D eigenvalue weighted by molar-refractivity contribution is -0.248. The number of hydrogen-bond acceptors (Lipinski definition) is 4. The second-order valence-corrected chi connectivity index (χ2v) is 11.9. The fourth-order valence-electron chi connectivity index (χ4n) is 3.69. The van der Waals surface area contributed by atoms with Crippen LogP contribution in [-0.4, -0.2) is 26.7 Å². The monoisotopic (exact) mass is 370 g/mol. The highest BCUT2D eigenvalue weighted by molar-refractivity contribution is 6.69. The molecule has 0 radical (unpaired) electrons. The third-order valence-electron chi connectivity index (χ3n) is 4.39. The Kier molecular flexibility index (Phi) is 5.06. The fourth-order valence-corrected chi connectivity index (χ4v) is 4.95. The van der Waals surface area contributed by atoms with Crippen LogP contribution in [-0.2, 0) is 24.3 Å². The summed E-state index contributed by atoms with van der Waals surface area (Å²) in [5.41, 5.74) is 0.565. The van der Waals surface area contributed by atoms with Gasteiger partial charge in [-0.3, -0.25) is 4.79 Å². The van der Waals surface area contributed by atoms with Crippen molar-refractivity contribution in [3.8, 4) is 0 Å². The molecule has 2 aromatic carbocycles. The predicted molar refractivity (Wildman–Crippen MR) is 103 cm³/mol. The molecule has 0 spiro atoms. The maximum absolute atomic E-state index is 12.6. The van der Waals surface area contributed by atoms with Gasteiger partial charge in [0.15, 0.2) is 8.32 Å². The van der Waals surface area contributed by atoms with Crippen molar-refractivity contribution in [1.82, 2.24) is 0 Å². The Hall–Kier alpha value is -1.95. The molecule has 1 unspecified atom stereocenters. The van der Waals surface area contributed by atoms with Gasteiger partial charge in [-0.15, -0.1) is 0 Å². The summed E-state index contributed by atoms with van der Waals surface area (Å²) in [7, 11) is -2.07. The van der Waals surface area contributed by atoms with Gasteiger partial charge < -0.3 is 13.9 Å². The first-order chi connectivity index (χ1) is 12.3. The molecule has 1 fully saturated rings. The number of cyclic esters (lactones) is 1. The van der Waals surface area contributed by atoms with E-state index in [1.54, 1.807) is 0 Å². The summed E-state index contributed by atoms with van der Waals surface area (Å²) in [5.74, 6) is -1.50. The molecule has 1 aliphatic rings. The molecule has 1 aliphatic heterocycles. The third-order valence-corrected chi connectivity index (χ3v) is 5.33. The van der Waals surface area contributed by atoms with E-state index in [1.807, 2.05) is 67.6 Å². The highest BCUT2D eigenvalue weighted by Gasteiger charge is 2.66. The smallest absolute Gasteiger partial charge is 0.312 e. The highest BCUT2D eigenvalue weighted by Crippen LogP contribution is 2.53. The van der Waals surface area contributed by atoms with Gasteiger partial charge in [-0.25, -0.2) is 0 Å². The Morgan fingerprint density at radius 3 is 1.88 bits per heavy atom. The van der Waals surface area contributed by atoms with Crippen molar-refractivity contribution in [1.29, 1.82) is 0 Å². The average Bonchev–Trinajstić information content (AvgIpc) is 2.87. The lowest BCUT2D eigenvalue weighted by Crippen LogP contribution is -2.57. The third kappa shape index (κ3) is 3.22. The topological polar surface area (TPSA) is 44.8 Å². The minimum atomic E-state index is -2.07. The van der Waals surface area contributed by atoms with E-state index in [1.165, 1.54) is 0 Å². The largest absolute Gasteiger partial charge is 0.443 e. The minimum absolute atomic E-state index is 0.0644. The fraction of sp³-hybridized carbons (Fsp3) is 0.381. The van der Waals surface area contributed by atoms with Crippen LogP contribution >= 0.6 is 0 Å². The van der Waals surface area contributed by atoms with Gasteiger partial charge in [-0.2, -0.15) is 0 Å². The van der Waals surface area contributed by atoms with Crippen LogP contribution in [0.15, 0.2) is 60.7 Å². The van der Waals surface area contributed by atoms with Crippen molar-refractivity contribution in [2.45, 2.75) is 44.4 Å². The molecule has 0 bridgehead atoms. The first-order valence-electron chi connectivity index (χ1n) is 9.00. The summed E-state index contributed by atoms with van der Waals surface area (Å²) in [6.45, 7) is 8.62. The van der Waals surface area contributed by atoms with Gasteiger partial charge in [0.25, 0.3) is 0 Å². The van der Waals surface area contributed by atoms with E-state index in [4.69, 9.17) is 13.9 Å². The van der Waals surface area contributed by atoms with Crippen molar-refractivity contribution in [2.24, 2.45) is 0 Å². The Bertz CT molecular complexity index is 715. The number of rotatable bonds is 6. The molecule has 0 aliphatic carbocycles. The van der Waals surface area contributed by atoms with Crippen LogP contribution in [0.25, 0.3) is 0 Å². The normalized spacial score (nSPS) is 22.2. The van der Waals surface area contributed by atoms with Crippen LogP contribution in [0.3, 0.4) is 0 Å². The van der Waals surface area contributed by atoms with E-state index in [-0.39, 0.29) is 12.4 Å². The molecule has 4 nitrogen and oxygen atoms in total. The molecule has 138 valence electrons. The zero-order chi connectivity index (χ0) is 18.8. The van der Waals surface area contributed by atoms with Crippen LogP contribution < -0.4 is 0 Å². The quantitative estimate of drug-likeness (QED) is 0.428. The number of benzene rings is 2. The number of ether oxygens (including phenoxy) is 2. The molecule has 3 rings (SSSR count). The van der Waals surface area contributed by atoms with Gasteiger partial charge in [-0.05, 0) is 26.6 Å². The molecule has 5 heteroatoms. The summed E-state index contributed by atoms with van der Waals surface area (Å²) < 4.78 is 18.9. The van der Waals surface area contributed by atoms with E-state index >= 15 is 0 Å². The summed E-state index contributed by atoms with van der Waals surface area (Å²) in [5, 5.41) is 0. The van der Waals surface area contributed by atoms with Crippen molar-refractivity contribution < 1.29 is 18.7 Å². The van der Waals surface area contributed by atoms with E-state index in [9.17, 15) is 4.79 Å². The van der Waals surface area contributed by atoms with Gasteiger partial charge in [0.1, 0.15) is 6.42 Å². The second kappa shape index (κ2) is 6.99. The maximum Gasteiger partial charge on any atom is 0.312 e. The second-order valence-electron chi connectivity index (χ2n) is 7.46. The molecule has 0 aromatic heterocycles. The number of hydrogen-bond donors (Lipinski definition) is 0. The van der Waals surface area contributed by atoms with Gasteiger partial charge in [-0.1, -0.05) is 60.7 Å². The molecule has 0 saturated carbocycles. The number of carbonyl (C=O) groups excluding carboxylic acids is 1. The lowest BCUT2D eigenvalue weighted by Gasteiger charge is -2.46. The maximum atomic E-state index is 12.6. The van der Waals surface area contributed by atoms with Gasteiger partial charge in [0.05, 0.1) is 0 Å². The highest BCUT2D eigenvalue weighted by atomic mass is 28.4. The lowest BCUT2D eigenvalue weighted by atomic mass is 9.79. The Labute approximate surface area is 156 Å². The molecule has 2 aromatic rings. The van der Waals surface area contributed by atoms with Gasteiger partial charge in [0, 0.05) is 17.7 Å². The zero-order valence-electron chi connectivity index (χ0n) is 15.8. The van der Waals surface area contributed by atoms with E-state index in [2.05, 4.69) is 19.6 Å². The Balaban J connectivity index is 2.31. The van der Waals surface area contributed by atoms with Crippen molar-refractivity contribution >= 4 is 14.3 Å². The molecule has 1 saturated heterocycles. The summed E-state index contributed by atoms with van der Waals surface area (Å²) in [6.07, 6.45) is 0.0644. The van der Waals surface area contributed by atoms with Crippen LogP contribution in [0.1, 0.15) is 24.5 Å². The Morgan fingerprint density at radius 1 is 0.962 bits per heavy atom. The molecule has 26 heavy (non-hydrogen) atoms. The van der Waals surface area contributed by atoms with Crippen molar-refractivity contribution in [3.63, 3.8) is 0 Å². The molecule has 0 N–H and O–H groups in total. The first kappa shape index (κ1) is 18.8. The van der Waals surface area contributed by atoms with Crippen molar-refractivity contribution in [2.75, 3.05) is 6.61 Å². The number of esters is 1. The van der Waals surface area contributed by atoms with Crippen LogP contribution in [0, 0.1) is 0 Å². The molecular formula is C21H26O4Si. The minimum Gasteiger partial charge on any atom is -0.443 e. The summed E-state index contributed by atoms with van der Waals surface area (Å²) in [6, 6.07) is 19.5. The van der Waals surface area contributed by atoms with Crippen LogP contribution in [0.2, 0.25) is 19.6 Å². The van der Waals surface area contributed by atoms with Gasteiger partial charge in [0.2, 0.25) is 11.4 Å². The standard InChI is InChI=1S/C21H26O4Si/c1-5-23-20(25-26(2,3)4)16-19(22)24-21(20,17-12-8-6-9-13-17)18-14-10-7-11-15-18/h6-15H,5,16H2,1-4H3. The van der Waals surface area contributed by atoms with E-state index in [0.717, 1.165) is 11.1 Å². The van der Waals surface area contributed by atoms with E-state index in [0.29, 0.717) is 6.61 Å². The Morgan fingerprint density at radius 2 is 1.46 bits per heavy atom. The molecule has 1 atom stereocenters. The SMILES string of the molecule is CCOC1(O[Si](C)(C)C)CC(=O)OC1(c1ccccc1)c1ccccc1. The van der Waals surface area contributed by atoms with E-state index < -0.39 is 19.7 Å². The van der Waals surface area contributed by atoms with Gasteiger partial charge >= 0.3 is 5.97 Å². The number of carbonyl (C=O) groups is 1. The van der Waals surface area contributed by atoms with Crippen molar-refractivity contribution in [3.05, 3.63) is 71.8 Å². The predicted octanol–water partition coefficient (Wildman–Crippen LogP) is 4.46.